The summed E-state index contributed by atoms with van der Waals surface area (Å²) in [7, 11) is 0. The van der Waals surface area contributed by atoms with Crippen LogP contribution >= 0.6 is 0 Å². The van der Waals surface area contributed by atoms with Gasteiger partial charge in [-0.05, 0) is 36.8 Å². The number of benzene rings is 1. The fourth-order valence-corrected chi connectivity index (χ4v) is 2.53. The fourth-order valence-electron chi connectivity index (χ4n) is 2.53. The minimum Gasteiger partial charge on any atom is -0.348 e. The van der Waals surface area contributed by atoms with Gasteiger partial charge in [0.25, 0.3) is 5.91 Å². The summed E-state index contributed by atoms with van der Waals surface area (Å²) in [5, 5.41) is 6.27. The molecule has 3 rings (SSSR count). The van der Waals surface area contributed by atoms with Gasteiger partial charge in [0, 0.05) is 11.7 Å². The Labute approximate surface area is 136 Å². The molecule has 5 heteroatoms. The van der Waals surface area contributed by atoms with Gasteiger partial charge in [-0.25, -0.2) is 9.97 Å². The van der Waals surface area contributed by atoms with E-state index in [-0.39, 0.29) is 5.91 Å². The van der Waals surface area contributed by atoms with Crippen LogP contribution in [0.15, 0.2) is 30.6 Å². The van der Waals surface area contributed by atoms with Gasteiger partial charge in [0.15, 0.2) is 0 Å². The highest BCUT2D eigenvalue weighted by molar-refractivity contribution is 5.92. The number of anilines is 2. The Balaban J connectivity index is 1.76. The summed E-state index contributed by atoms with van der Waals surface area (Å²) in [6.45, 7) is 4.27. The lowest BCUT2D eigenvalue weighted by Crippen LogP contribution is -2.26. The molecule has 0 unspecified atom stereocenters. The lowest BCUT2D eigenvalue weighted by Gasteiger charge is -2.14. The maximum Gasteiger partial charge on any atom is 0.271 e. The van der Waals surface area contributed by atoms with Crippen molar-refractivity contribution in [3.8, 4) is 0 Å². The van der Waals surface area contributed by atoms with Crippen LogP contribution in [0.25, 0.3) is 0 Å². The lowest BCUT2D eigenvalue weighted by molar-refractivity contribution is 0.0945. The number of aromatic nitrogens is 2. The highest BCUT2D eigenvalue weighted by atomic mass is 16.2. The molecule has 5 nitrogen and oxygen atoms in total. The number of rotatable bonds is 6. The average molecular weight is 310 g/mol. The number of hydrogen-bond donors (Lipinski definition) is 2. The Morgan fingerprint density at radius 2 is 1.83 bits per heavy atom. The molecule has 1 aromatic carbocycles. The van der Waals surface area contributed by atoms with E-state index in [2.05, 4.69) is 52.6 Å². The van der Waals surface area contributed by atoms with Gasteiger partial charge in [-0.1, -0.05) is 32.0 Å². The smallest absolute Gasteiger partial charge is 0.271 e. The quantitative estimate of drug-likeness (QED) is 0.859. The number of para-hydroxylation sites is 1. The summed E-state index contributed by atoms with van der Waals surface area (Å²) >= 11 is 0. The SMILES string of the molecule is CCc1cccc(CC)c1Nc1cnc(C(=O)NC2CC2)cn1. The van der Waals surface area contributed by atoms with Gasteiger partial charge in [-0.2, -0.15) is 0 Å². The first-order valence-electron chi connectivity index (χ1n) is 8.22. The van der Waals surface area contributed by atoms with E-state index in [1.807, 2.05) is 0 Å². The van der Waals surface area contributed by atoms with E-state index >= 15 is 0 Å². The van der Waals surface area contributed by atoms with Crippen molar-refractivity contribution in [3.63, 3.8) is 0 Å². The highest BCUT2D eigenvalue weighted by Gasteiger charge is 2.24. The summed E-state index contributed by atoms with van der Waals surface area (Å²) in [6, 6.07) is 6.64. The molecule has 1 saturated carbocycles. The largest absolute Gasteiger partial charge is 0.348 e. The molecule has 1 aliphatic rings. The van der Waals surface area contributed by atoms with Crippen LogP contribution < -0.4 is 10.6 Å². The molecule has 1 heterocycles. The van der Waals surface area contributed by atoms with Crippen LogP contribution in [0, 0.1) is 0 Å². The van der Waals surface area contributed by atoms with Crippen LogP contribution in [0.3, 0.4) is 0 Å². The zero-order valence-electron chi connectivity index (χ0n) is 13.6. The molecule has 1 aliphatic carbocycles. The van der Waals surface area contributed by atoms with Gasteiger partial charge in [0.2, 0.25) is 0 Å². The number of carbonyl (C=O) groups is 1. The molecule has 120 valence electrons. The Morgan fingerprint density at radius 1 is 1.13 bits per heavy atom. The van der Waals surface area contributed by atoms with Crippen LogP contribution in [0.2, 0.25) is 0 Å². The van der Waals surface area contributed by atoms with Crippen LogP contribution in [-0.2, 0) is 12.8 Å². The van der Waals surface area contributed by atoms with E-state index in [9.17, 15) is 4.79 Å². The first kappa shape index (κ1) is 15.5. The Kier molecular flexibility index (Phi) is 4.55. The summed E-state index contributed by atoms with van der Waals surface area (Å²) in [6.07, 6.45) is 7.17. The molecule has 2 N–H and O–H groups in total. The maximum atomic E-state index is 11.9. The minimum atomic E-state index is -0.144. The molecule has 1 fully saturated rings. The minimum absolute atomic E-state index is 0.144. The first-order chi connectivity index (χ1) is 11.2. The Morgan fingerprint density at radius 3 is 2.35 bits per heavy atom. The predicted octanol–water partition coefficient (Wildman–Crippen LogP) is 3.24. The van der Waals surface area contributed by atoms with Gasteiger partial charge in [0.1, 0.15) is 11.5 Å². The van der Waals surface area contributed by atoms with E-state index in [0.29, 0.717) is 17.6 Å². The third-order valence-corrected chi connectivity index (χ3v) is 4.05. The maximum absolute atomic E-state index is 11.9. The number of aryl methyl sites for hydroxylation is 2. The molecular formula is C18H22N4O. The zero-order valence-corrected chi connectivity index (χ0v) is 13.6. The molecule has 23 heavy (non-hydrogen) atoms. The second-order valence-corrected chi connectivity index (χ2v) is 5.82. The van der Waals surface area contributed by atoms with Crippen molar-refractivity contribution in [2.45, 2.75) is 45.6 Å². The summed E-state index contributed by atoms with van der Waals surface area (Å²) in [5.74, 6) is 0.512. The molecule has 0 bridgehead atoms. The predicted molar refractivity (Wildman–Crippen MR) is 91.0 cm³/mol. The molecule has 0 atom stereocenters. The van der Waals surface area contributed by atoms with Gasteiger partial charge < -0.3 is 10.6 Å². The number of nitrogens with one attached hydrogen (secondary N) is 2. The summed E-state index contributed by atoms with van der Waals surface area (Å²) < 4.78 is 0. The fraction of sp³-hybridized carbons (Fsp3) is 0.389. The Bertz CT molecular complexity index is 670. The first-order valence-corrected chi connectivity index (χ1v) is 8.22. The molecule has 0 saturated heterocycles. The molecule has 0 aliphatic heterocycles. The van der Waals surface area contributed by atoms with Gasteiger partial charge >= 0.3 is 0 Å². The second kappa shape index (κ2) is 6.77. The van der Waals surface area contributed by atoms with Crippen molar-refractivity contribution in [1.29, 1.82) is 0 Å². The van der Waals surface area contributed by atoms with Crippen LogP contribution in [0.4, 0.5) is 11.5 Å². The van der Waals surface area contributed by atoms with E-state index in [0.717, 1.165) is 31.4 Å². The number of nitrogens with zero attached hydrogens (tertiary/aromatic N) is 2. The van der Waals surface area contributed by atoms with E-state index < -0.39 is 0 Å². The molecular weight excluding hydrogens is 288 g/mol. The van der Waals surface area contributed by atoms with Crippen LogP contribution in [0.1, 0.15) is 48.3 Å². The van der Waals surface area contributed by atoms with Crippen molar-refractivity contribution in [1.82, 2.24) is 15.3 Å². The normalized spacial score (nSPS) is 13.7. The van der Waals surface area contributed by atoms with Crippen molar-refractivity contribution >= 4 is 17.4 Å². The van der Waals surface area contributed by atoms with Gasteiger partial charge in [-0.3, -0.25) is 4.79 Å². The molecule has 2 aromatic rings. The van der Waals surface area contributed by atoms with Gasteiger partial charge in [0.05, 0.1) is 12.4 Å². The second-order valence-electron chi connectivity index (χ2n) is 5.82. The van der Waals surface area contributed by atoms with E-state index in [1.54, 1.807) is 6.20 Å². The summed E-state index contributed by atoms with van der Waals surface area (Å²) in [4.78, 5) is 20.5. The monoisotopic (exact) mass is 310 g/mol. The standard InChI is InChI=1S/C18H22N4O/c1-3-12-6-5-7-13(4-2)17(12)22-16-11-19-15(10-20-16)18(23)21-14-8-9-14/h5-7,10-11,14H,3-4,8-9H2,1-2H3,(H,20,22)(H,21,23). The topological polar surface area (TPSA) is 66.9 Å². The zero-order chi connectivity index (χ0) is 16.2. The average Bonchev–Trinajstić information content (AvgIpc) is 3.39. The Hall–Kier alpha value is -2.43. The van der Waals surface area contributed by atoms with Crippen molar-refractivity contribution in [3.05, 3.63) is 47.4 Å². The number of hydrogen-bond acceptors (Lipinski definition) is 4. The molecule has 1 amide bonds. The van der Waals surface area contributed by atoms with E-state index in [1.165, 1.54) is 17.3 Å². The molecule has 0 spiro atoms. The lowest BCUT2D eigenvalue weighted by atomic mass is 10.0. The van der Waals surface area contributed by atoms with Crippen LogP contribution in [0.5, 0.6) is 0 Å². The number of carbonyl (C=O) groups excluding carboxylic acids is 1. The highest BCUT2D eigenvalue weighted by Crippen LogP contribution is 2.25. The molecule has 0 radical (unpaired) electrons. The van der Waals surface area contributed by atoms with Crippen molar-refractivity contribution in [2.75, 3.05) is 5.32 Å². The van der Waals surface area contributed by atoms with Crippen molar-refractivity contribution < 1.29 is 4.79 Å². The number of amides is 1. The summed E-state index contributed by atoms with van der Waals surface area (Å²) in [5.41, 5.74) is 3.97. The molecule has 1 aromatic heterocycles. The van der Waals surface area contributed by atoms with Crippen LogP contribution in [-0.4, -0.2) is 21.9 Å². The third-order valence-electron chi connectivity index (χ3n) is 4.05. The van der Waals surface area contributed by atoms with E-state index in [4.69, 9.17) is 0 Å². The third kappa shape index (κ3) is 3.67. The van der Waals surface area contributed by atoms with Gasteiger partial charge in [-0.15, -0.1) is 0 Å². The van der Waals surface area contributed by atoms with Crippen molar-refractivity contribution in [2.24, 2.45) is 0 Å².